The molecule has 0 N–H and O–H groups in total. The van der Waals surface area contributed by atoms with Gasteiger partial charge in [0.2, 0.25) is 0 Å². The van der Waals surface area contributed by atoms with Crippen LogP contribution in [0.4, 0.5) is 0 Å². The summed E-state index contributed by atoms with van der Waals surface area (Å²) in [6.07, 6.45) is 5.18. The number of hydrogen-bond acceptors (Lipinski definition) is 3. The largest absolute Gasteiger partial charge is 0.464 e. The van der Waals surface area contributed by atoms with Crippen LogP contribution in [-0.2, 0) is 20.3 Å². The summed E-state index contributed by atoms with van der Waals surface area (Å²) in [5.41, 5.74) is 1.13. The smallest absolute Gasteiger partial charge is 0.326 e. The summed E-state index contributed by atoms with van der Waals surface area (Å²) < 4.78 is 17.6. The fraction of sp³-hybridized carbons (Fsp3) is 0.438. The van der Waals surface area contributed by atoms with Crippen LogP contribution in [0.25, 0.3) is 0 Å². The van der Waals surface area contributed by atoms with Gasteiger partial charge in [-0.05, 0) is 31.4 Å². The van der Waals surface area contributed by atoms with E-state index in [0.29, 0.717) is 12.5 Å². The van der Waals surface area contributed by atoms with Gasteiger partial charge in [-0.2, -0.15) is 0 Å². The first kappa shape index (κ1) is 12.3. The molecule has 1 saturated heterocycles. The number of ether oxygens (including phenoxy) is 1. The minimum atomic E-state index is -1.35. The van der Waals surface area contributed by atoms with Crippen LogP contribution in [0.2, 0.25) is 0 Å². The Morgan fingerprint density at radius 1 is 1.25 bits per heavy atom. The van der Waals surface area contributed by atoms with E-state index in [2.05, 4.69) is 12.2 Å². The topological polar surface area (TPSA) is 43.4 Å². The van der Waals surface area contributed by atoms with Gasteiger partial charge in [-0.25, -0.2) is 0 Å². The number of fused-ring (bicyclic) bond motifs is 5. The van der Waals surface area contributed by atoms with E-state index in [1.165, 1.54) is 0 Å². The molecule has 2 aliphatic carbocycles. The summed E-state index contributed by atoms with van der Waals surface area (Å²) in [7, 11) is -1.35. The number of aryl methyl sites for hydroxylation is 1. The Balaban J connectivity index is 1.82. The van der Waals surface area contributed by atoms with Gasteiger partial charge >= 0.3 is 5.97 Å². The predicted molar refractivity (Wildman–Crippen MR) is 75.5 cm³/mol. The number of carbonyl (C=O) groups excluding carboxylic acids is 1. The molecule has 0 amide bonds. The fourth-order valence-electron chi connectivity index (χ4n) is 3.97. The molecule has 0 spiro atoms. The highest BCUT2D eigenvalue weighted by molar-refractivity contribution is 7.87. The Hall–Kier alpha value is -1.42. The molecule has 4 heteroatoms. The standard InChI is InChI=1S/C16H16O3S/c1-10-2-6-13(7-3-10)20(18)16-12-5-4-11(8-12)14(16)9-19-15(16)17/h2-7,11-12,14H,8-9H2,1H3/t11-,12+,14-,16-,20?/m0/s1. The summed E-state index contributed by atoms with van der Waals surface area (Å²) in [6.45, 7) is 2.42. The van der Waals surface area contributed by atoms with Gasteiger partial charge in [-0.3, -0.25) is 9.00 Å². The van der Waals surface area contributed by atoms with Gasteiger partial charge in [0.15, 0.2) is 4.75 Å². The van der Waals surface area contributed by atoms with Crippen LogP contribution in [0.1, 0.15) is 12.0 Å². The number of rotatable bonds is 2. The minimum Gasteiger partial charge on any atom is -0.464 e. The molecule has 104 valence electrons. The number of esters is 1. The Morgan fingerprint density at radius 3 is 2.75 bits per heavy atom. The summed E-state index contributed by atoms with van der Waals surface area (Å²) in [4.78, 5) is 13.1. The number of cyclic esters (lactones) is 1. The molecule has 3 aliphatic rings. The van der Waals surface area contributed by atoms with Crippen molar-refractivity contribution in [1.29, 1.82) is 0 Å². The number of allylic oxidation sites excluding steroid dienone is 2. The number of carbonyl (C=O) groups is 1. The molecule has 1 heterocycles. The number of hydrogen-bond donors (Lipinski definition) is 0. The molecular weight excluding hydrogens is 272 g/mol. The molecule has 1 aromatic carbocycles. The Bertz CT molecular complexity index is 634. The van der Waals surface area contributed by atoms with Crippen LogP contribution in [0, 0.1) is 24.7 Å². The minimum absolute atomic E-state index is 0.0645. The predicted octanol–water partition coefficient (Wildman–Crippen LogP) is 2.22. The highest BCUT2D eigenvalue weighted by Crippen LogP contribution is 2.57. The van der Waals surface area contributed by atoms with E-state index in [9.17, 15) is 9.00 Å². The van der Waals surface area contributed by atoms with Crippen molar-refractivity contribution in [1.82, 2.24) is 0 Å². The molecule has 1 saturated carbocycles. The molecule has 4 rings (SSSR count). The van der Waals surface area contributed by atoms with Gasteiger partial charge in [0.05, 0.1) is 17.4 Å². The quantitative estimate of drug-likeness (QED) is 0.619. The Labute approximate surface area is 120 Å². The zero-order valence-corrected chi connectivity index (χ0v) is 12.1. The molecular formula is C16H16O3S. The third kappa shape index (κ3) is 1.35. The lowest BCUT2D eigenvalue weighted by Gasteiger charge is -2.31. The third-order valence-electron chi connectivity index (χ3n) is 4.99. The molecule has 0 radical (unpaired) electrons. The molecule has 0 aromatic heterocycles. The maximum Gasteiger partial charge on any atom is 0.326 e. The van der Waals surface area contributed by atoms with Gasteiger partial charge in [0.25, 0.3) is 0 Å². The lowest BCUT2D eigenvalue weighted by Crippen LogP contribution is -2.48. The van der Waals surface area contributed by atoms with Crippen molar-refractivity contribution in [2.45, 2.75) is 23.0 Å². The highest BCUT2D eigenvalue weighted by atomic mass is 32.2. The summed E-state index contributed by atoms with van der Waals surface area (Å²) >= 11 is 0. The molecule has 20 heavy (non-hydrogen) atoms. The average Bonchev–Trinajstić information content (AvgIpc) is 3.12. The molecule has 1 unspecified atom stereocenters. The molecule has 5 atom stereocenters. The zero-order valence-electron chi connectivity index (χ0n) is 11.2. The van der Waals surface area contributed by atoms with Crippen molar-refractivity contribution in [2.75, 3.05) is 6.61 Å². The lowest BCUT2D eigenvalue weighted by molar-refractivity contribution is -0.140. The Morgan fingerprint density at radius 2 is 2.00 bits per heavy atom. The van der Waals surface area contributed by atoms with Crippen molar-refractivity contribution in [2.24, 2.45) is 17.8 Å². The molecule has 2 fully saturated rings. The molecule has 2 bridgehead atoms. The van der Waals surface area contributed by atoms with Gasteiger partial charge in [-0.1, -0.05) is 29.8 Å². The van der Waals surface area contributed by atoms with Crippen LogP contribution in [0.15, 0.2) is 41.3 Å². The molecule has 1 aromatic rings. The number of benzene rings is 1. The summed E-state index contributed by atoms with van der Waals surface area (Å²) in [6, 6.07) is 7.64. The first-order valence-electron chi connectivity index (χ1n) is 6.98. The molecule has 1 aliphatic heterocycles. The van der Waals surface area contributed by atoms with E-state index in [4.69, 9.17) is 4.74 Å². The third-order valence-corrected chi connectivity index (χ3v) is 7.08. The van der Waals surface area contributed by atoms with Crippen LogP contribution in [0.5, 0.6) is 0 Å². The Kier molecular flexibility index (Phi) is 2.49. The van der Waals surface area contributed by atoms with E-state index >= 15 is 0 Å². The van der Waals surface area contributed by atoms with E-state index in [0.717, 1.165) is 16.9 Å². The maximum absolute atomic E-state index is 13.1. The summed E-state index contributed by atoms with van der Waals surface area (Å²) in [5, 5.41) is 0. The van der Waals surface area contributed by atoms with Crippen molar-refractivity contribution in [3.05, 3.63) is 42.0 Å². The SMILES string of the molecule is Cc1ccc(S(=O)[C@]23C(=O)OC[C@H]2[C@H]2C=C[C@@H]3C2)cc1. The van der Waals surface area contributed by atoms with E-state index in [1.54, 1.807) is 0 Å². The van der Waals surface area contributed by atoms with Crippen LogP contribution in [0.3, 0.4) is 0 Å². The van der Waals surface area contributed by atoms with E-state index in [1.807, 2.05) is 31.2 Å². The monoisotopic (exact) mass is 288 g/mol. The van der Waals surface area contributed by atoms with Gasteiger partial charge in [0, 0.05) is 16.7 Å². The van der Waals surface area contributed by atoms with Gasteiger partial charge in [0.1, 0.15) is 0 Å². The van der Waals surface area contributed by atoms with E-state index in [-0.39, 0.29) is 17.8 Å². The van der Waals surface area contributed by atoms with Crippen molar-refractivity contribution < 1.29 is 13.7 Å². The molecule has 3 nitrogen and oxygen atoms in total. The highest BCUT2D eigenvalue weighted by Gasteiger charge is 2.68. The second kappa shape index (κ2) is 4.04. The fourth-order valence-corrected chi connectivity index (χ4v) is 5.92. The van der Waals surface area contributed by atoms with Crippen LogP contribution in [-0.4, -0.2) is 21.5 Å². The normalized spacial score (nSPS) is 38.9. The first-order chi connectivity index (χ1) is 9.64. The zero-order chi connectivity index (χ0) is 13.9. The van der Waals surface area contributed by atoms with Crippen molar-refractivity contribution in [3.8, 4) is 0 Å². The first-order valence-corrected chi connectivity index (χ1v) is 8.13. The van der Waals surface area contributed by atoms with Crippen molar-refractivity contribution in [3.63, 3.8) is 0 Å². The maximum atomic E-state index is 13.1. The van der Waals surface area contributed by atoms with E-state index < -0.39 is 15.5 Å². The second-order valence-electron chi connectivity index (χ2n) is 5.97. The average molecular weight is 288 g/mol. The van der Waals surface area contributed by atoms with Gasteiger partial charge in [-0.15, -0.1) is 0 Å². The summed E-state index contributed by atoms with van der Waals surface area (Å²) in [5.74, 6) is 0.223. The van der Waals surface area contributed by atoms with Crippen LogP contribution < -0.4 is 0 Å². The second-order valence-corrected chi connectivity index (χ2v) is 7.66. The lowest BCUT2D eigenvalue weighted by atomic mass is 9.84. The van der Waals surface area contributed by atoms with Gasteiger partial charge < -0.3 is 4.74 Å². The van der Waals surface area contributed by atoms with Crippen LogP contribution >= 0.6 is 0 Å². The van der Waals surface area contributed by atoms with Crippen molar-refractivity contribution >= 4 is 16.8 Å².